The second kappa shape index (κ2) is 6.07. The Morgan fingerprint density at radius 1 is 1.11 bits per heavy atom. The van der Waals surface area contributed by atoms with Crippen LogP contribution >= 0.6 is 45.8 Å². The van der Waals surface area contributed by atoms with Gasteiger partial charge in [-0.2, -0.15) is 0 Å². The van der Waals surface area contributed by atoms with Gasteiger partial charge in [0.25, 0.3) is 5.91 Å². The summed E-state index contributed by atoms with van der Waals surface area (Å²) in [4.78, 5) is 12.0. The van der Waals surface area contributed by atoms with Crippen LogP contribution in [0.15, 0.2) is 36.4 Å². The van der Waals surface area contributed by atoms with Crippen LogP contribution in [-0.4, -0.2) is 5.91 Å². The number of carbonyl (C=O) groups excluding carboxylic acids is 1. The van der Waals surface area contributed by atoms with Crippen LogP contribution in [0.25, 0.3) is 0 Å². The molecule has 0 fully saturated rings. The fourth-order valence-electron chi connectivity index (χ4n) is 1.42. The Morgan fingerprint density at radius 2 is 1.84 bits per heavy atom. The summed E-state index contributed by atoms with van der Waals surface area (Å²) in [5.74, 6) is -0.785. The van der Waals surface area contributed by atoms with Crippen molar-refractivity contribution in [3.8, 4) is 0 Å². The molecule has 2 aromatic rings. The minimum absolute atomic E-state index is 0.150. The molecule has 1 N–H and O–H groups in total. The Kier molecular flexibility index (Phi) is 4.65. The second-order valence-corrected chi connectivity index (χ2v) is 5.68. The van der Waals surface area contributed by atoms with Crippen LogP contribution in [0.3, 0.4) is 0 Å². The highest BCUT2D eigenvalue weighted by atomic mass is 127. The van der Waals surface area contributed by atoms with E-state index in [0.29, 0.717) is 16.3 Å². The molecule has 0 aromatic heterocycles. The monoisotopic (exact) mass is 409 g/mol. The lowest BCUT2D eigenvalue weighted by Crippen LogP contribution is -2.12. The van der Waals surface area contributed by atoms with Crippen molar-refractivity contribution < 1.29 is 9.18 Å². The van der Waals surface area contributed by atoms with Gasteiger partial charge in [0.2, 0.25) is 0 Å². The predicted octanol–water partition coefficient (Wildman–Crippen LogP) is 4.99. The Morgan fingerprint density at radius 3 is 2.47 bits per heavy atom. The van der Waals surface area contributed by atoms with E-state index in [-0.39, 0.29) is 10.9 Å². The van der Waals surface area contributed by atoms with Crippen LogP contribution in [-0.2, 0) is 0 Å². The van der Waals surface area contributed by atoms with E-state index in [9.17, 15) is 9.18 Å². The van der Waals surface area contributed by atoms with Crippen molar-refractivity contribution in [2.45, 2.75) is 0 Å². The molecule has 98 valence electrons. The summed E-state index contributed by atoms with van der Waals surface area (Å²) in [6.45, 7) is 0. The van der Waals surface area contributed by atoms with Crippen molar-refractivity contribution in [2.24, 2.45) is 0 Å². The SMILES string of the molecule is O=C(Nc1ccc(F)cc1Cl)c1ccc(Cl)c(I)c1. The van der Waals surface area contributed by atoms with Gasteiger partial charge in [-0.1, -0.05) is 23.2 Å². The molecule has 0 radical (unpaired) electrons. The van der Waals surface area contributed by atoms with Crippen LogP contribution in [0.5, 0.6) is 0 Å². The van der Waals surface area contributed by atoms with Crippen molar-refractivity contribution >= 4 is 57.4 Å². The van der Waals surface area contributed by atoms with E-state index < -0.39 is 5.82 Å². The van der Waals surface area contributed by atoms with Crippen molar-refractivity contribution in [1.82, 2.24) is 0 Å². The van der Waals surface area contributed by atoms with E-state index in [1.807, 2.05) is 22.6 Å². The molecular weight excluding hydrogens is 403 g/mol. The summed E-state index contributed by atoms with van der Waals surface area (Å²) in [5, 5.41) is 3.35. The number of benzene rings is 2. The summed E-state index contributed by atoms with van der Waals surface area (Å²) in [6, 6.07) is 8.70. The third-order valence-electron chi connectivity index (χ3n) is 2.36. The van der Waals surface area contributed by atoms with E-state index in [1.54, 1.807) is 18.2 Å². The van der Waals surface area contributed by atoms with Gasteiger partial charge >= 0.3 is 0 Å². The van der Waals surface area contributed by atoms with Gasteiger partial charge < -0.3 is 5.32 Å². The van der Waals surface area contributed by atoms with Gasteiger partial charge in [-0.25, -0.2) is 4.39 Å². The zero-order valence-corrected chi connectivity index (χ0v) is 13.1. The molecule has 0 saturated carbocycles. The minimum Gasteiger partial charge on any atom is -0.321 e. The highest BCUT2D eigenvalue weighted by molar-refractivity contribution is 14.1. The fraction of sp³-hybridized carbons (Fsp3) is 0. The highest BCUT2D eigenvalue weighted by Gasteiger charge is 2.10. The number of hydrogen-bond donors (Lipinski definition) is 1. The maximum Gasteiger partial charge on any atom is 0.255 e. The third kappa shape index (κ3) is 3.58. The normalized spacial score (nSPS) is 10.3. The van der Waals surface area contributed by atoms with Crippen molar-refractivity contribution in [2.75, 3.05) is 5.32 Å². The molecule has 0 unspecified atom stereocenters. The topological polar surface area (TPSA) is 29.1 Å². The van der Waals surface area contributed by atoms with Gasteiger partial charge in [0.05, 0.1) is 15.7 Å². The summed E-state index contributed by atoms with van der Waals surface area (Å²) in [6.07, 6.45) is 0. The van der Waals surface area contributed by atoms with Gasteiger partial charge in [-0.3, -0.25) is 4.79 Å². The first kappa shape index (κ1) is 14.6. The van der Waals surface area contributed by atoms with E-state index in [0.717, 1.165) is 9.64 Å². The molecule has 6 heteroatoms. The number of amides is 1. The Balaban J connectivity index is 2.23. The molecule has 19 heavy (non-hydrogen) atoms. The summed E-state index contributed by atoms with van der Waals surface area (Å²) >= 11 is 13.8. The first-order valence-corrected chi connectivity index (χ1v) is 7.02. The van der Waals surface area contributed by atoms with Gasteiger partial charge in [0, 0.05) is 9.13 Å². The maximum atomic E-state index is 12.9. The van der Waals surface area contributed by atoms with Gasteiger partial charge in [0.1, 0.15) is 5.82 Å². The molecule has 2 rings (SSSR count). The average Bonchev–Trinajstić information content (AvgIpc) is 2.36. The number of halogens is 4. The number of carbonyl (C=O) groups is 1. The van der Waals surface area contributed by atoms with Crippen LogP contribution in [0, 0.1) is 9.39 Å². The lowest BCUT2D eigenvalue weighted by Gasteiger charge is -2.08. The number of hydrogen-bond acceptors (Lipinski definition) is 1. The summed E-state index contributed by atoms with van der Waals surface area (Å²) in [7, 11) is 0. The molecule has 0 aliphatic carbocycles. The van der Waals surface area contributed by atoms with E-state index in [4.69, 9.17) is 23.2 Å². The molecule has 0 spiro atoms. The first-order valence-electron chi connectivity index (χ1n) is 5.19. The molecule has 2 nitrogen and oxygen atoms in total. The summed E-state index contributed by atoms with van der Waals surface area (Å²) in [5.41, 5.74) is 0.812. The molecule has 2 aromatic carbocycles. The third-order valence-corrected chi connectivity index (χ3v) is 4.21. The predicted molar refractivity (Wildman–Crippen MR) is 83.5 cm³/mol. The molecule has 0 atom stereocenters. The van der Waals surface area contributed by atoms with Crippen LogP contribution in [0.2, 0.25) is 10.0 Å². The van der Waals surface area contributed by atoms with E-state index in [2.05, 4.69) is 5.32 Å². The highest BCUT2D eigenvalue weighted by Crippen LogP contribution is 2.24. The first-order chi connectivity index (χ1) is 8.97. The van der Waals surface area contributed by atoms with Crippen LogP contribution in [0.1, 0.15) is 10.4 Å². The molecular formula is C13H7Cl2FINO. The smallest absolute Gasteiger partial charge is 0.255 e. The van der Waals surface area contributed by atoms with Crippen molar-refractivity contribution in [1.29, 1.82) is 0 Å². The zero-order valence-electron chi connectivity index (χ0n) is 9.38. The van der Waals surface area contributed by atoms with E-state index in [1.165, 1.54) is 12.1 Å². The van der Waals surface area contributed by atoms with Crippen molar-refractivity contribution in [3.05, 3.63) is 61.4 Å². The molecule has 0 aliphatic rings. The summed E-state index contributed by atoms with van der Waals surface area (Å²) < 4.78 is 13.7. The quantitative estimate of drug-likeness (QED) is 0.695. The zero-order chi connectivity index (χ0) is 14.0. The molecule has 1 amide bonds. The largest absolute Gasteiger partial charge is 0.321 e. The molecule has 0 saturated heterocycles. The standard InChI is InChI=1S/C13H7Cl2FINO/c14-9-3-1-7(5-11(9)17)13(19)18-12-4-2-8(16)6-10(12)15/h1-6H,(H,18,19). The lowest BCUT2D eigenvalue weighted by atomic mass is 10.2. The number of rotatable bonds is 2. The Hall–Kier alpha value is -0.850. The average molecular weight is 410 g/mol. The molecule has 0 heterocycles. The maximum absolute atomic E-state index is 12.9. The molecule has 0 bridgehead atoms. The van der Waals surface area contributed by atoms with Crippen molar-refractivity contribution in [3.63, 3.8) is 0 Å². The van der Waals surface area contributed by atoms with Gasteiger partial charge in [0.15, 0.2) is 0 Å². The fourth-order valence-corrected chi connectivity index (χ4v) is 2.27. The van der Waals surface area contributed by atoms with Gasteiger partial charge in [-0.15, -0.1) is 0 Å². The lowest BCUT2D eigenvalue weighted by molar-refractivity contribution is 0.102. The van der Waals surface area contributed by atoms with E-state index >= 15 is 0 Å². The Labute approximate surface area is 133 Å². The number of anilines is 1. The number of nitrogens with one attached hydrogen (secondary N) is 1. The van der Waals surface area contributed by atoms with Gasteiger partial charge in [-0.05, 0) is 59.0 Å². The molecule has 0 aliphatic heterocycles. The van der Waals surface area contributed by atoms with Crippen LogP contribution < -0.4 is 5.32 Å². The van der Waals surface area contributed by atoms with Crippen LogP contribution in [0.4, 0.5) is 10.1 Å². The second-order valence-electron chi connectivity index (χ2n) is 3.71. The minimum atomic E-state index is -0.455. The Bertz CT molecular complexity index is 649.